The van der Waals surface area contributed by atoms with Crippen molar-refractivity contribution in [2.45, 2.75) is 56.8 Å². The van der Waals surface area contributed by atoms with Crippen molar-refractivity contribution in [1.29, 1.82) is 0 Å². The van der Waals surface area contributed by atoms with Crippen molar-refractivity contribution in [2.24, 2.45) is 0 Å². The summed E-state index contributed by atoms with van der Waals surface area (Å²) in [7, 11) is 0. The maximum absolute atomic E-state index is 11.8. The van der Waals surface area contributed by atoms with Gasteiger partial charge in [-0.3, -0.25) is 4.79 Å². The van der Waals surface area contributed by atoms with E-state index in [2.05, 4.69) is 15.9 Å². The van der Waals surface area contributed by atoms with Crippen molar-refractivity contribution in [3.8, 4) is 5.75 Å². The number of hydrogen-bond donors (Lipinski definition) is 2. The normalized spacial score (nSPS) is 20.6. The summed E-state index contributed by atoms with van der Waals surface area (Å²) in [5.74, 6) is -0.650. The SMILES string of the molecule is O=C(O)C1(c2cc3c(c(Br)c2O)CCCC3)CCCC1. The molecule has 0 saturated heterocycles. The zero-order valence-electron chi connectivity index (χ0n) is 11.4. The summed E-state index contributed by atoms with van der Waals surface area (Å²) >= 11 is 3.49. The molecule has 0 atom stereocenters. The number of aryl methyl sites for hydroxylation is 1. The van der Waals surface area contributed by atoms with Crippen LogP contribution in [0.25, 0.3) is 0 Å². The first kappa shape index (κ1) is 13.9. The first-order valence-corrected chi connectivity index (χ1v) is 8.12. The molecule has 0 unspecified atom stereocenters. The third kappa shape index (κ3) is 1.96. The molecular formula is C16H19BrO3. The van der Waals surface area contributed by atoms with E-state index in [1.807, 2.05) is 6.07 Å². The van der Waals surface area contributed by atoms with Gasteiger partial charge in [0, 0.05) is 5.56 Å². The molecule has 0 aliphatic heterocycles. The van der Waals surface area contributed by atoms with E-state index in [4.69, 9.17) is 0 Å². The van der Waals surface area contributed by atoms with Crippen LogP contribution in [-0.4, -0.2) is 16.2 Å². The minimum absolute atomic E-state index is 0.148. The van der Waals surface area contributed by atoms with Crippen LogP contribution in [0.15, 0.2) is 10.5 Å². The average molecular weight is 339 g/mol. The van der Waals surface area contributed by atoms with E-state index in [0.29, 0.717) is 18.4 Å². The van der Waals surface area contributed by atoms with Gasteiger partial charge in [-0.1, -0.05) is 18.9 Å². The Labute approximate surface area is 127 Å². The number of carbonyl (C=O) groups is 1. The number of phenols is 1. The molecule has 2 aliphatic rings. The highest BCUT2D eigenvalue weighted by Crippen LogP contribution is 2.49. The largest absolute Gasteiger partial charge is 0.506 e. The van der Waals surface area contributed by atoms with E-state index in [9.17, 15) is 15.0 Å². The van der Waals surface area contributed by atoms with Crippen LogP contribution in [-0.2, 0) is 23.1 Å². The molecule has 1 aromatic carbocycles. The van der Waals surface area contributed by atoms with Crippen LogP contribution in [0.2, 0.25) is 0 Å². The standard InChI is InChI=1S/C16H19BrO3/c17-13-11-6-2-1-5-10(11)9-12(14(13)18)16(15(19)20)7-3-4-8-16/h9,18H,1-8H2,(H,19,20). The Bertz CT molecular complexity index is 559. The van der Waals surface area contributed by atoms with Crippen molar-refractivity contribution >= 4 is 21.9 Å². The number of fused-ring (bicyclic) bond motifs is 1. The molecule has 3 rings (SSSR count). The van der Waals surface area contributed by atoms with E-state index in [-0.39, 0.29) is 5.75 Å². The number of aromatic hydroxyl groups is 1. The molecule has 0 amide bonds. The van der Waals surface area contributed by atoms with Gasteiger partial charge in [0.25, 0.3) is 0 Å². The summed E-state index contributed by atoms with van der Waals surface area (Å²) in [4.78, 5) is 11.8. The van der Waals surface area contributed by atoms with Gasteiger partial charge in [-0.2, -0.15) is 0 Å². The highest BCUT2D eigenvalue weighted by Gasteiger charge is 2.45. The number of hydrogen-bond acceptors (Lipinski definition) is 2. The van der Waals surface area contributed by atoms with Gasteiger partial charge in [0.1, 0.15) is 5.75 Å². The van der Waals surface area contributed by atoms with Crippen LogP contribution in [0, 0.1) is 0 Å². The lowest BCUT2D eigenvalue weighted by Crippen LogP contribution is -2.33. The van der Waals surface area contributed by atoms with Crippen molar-refractivity contribution in [2.75, 3.05) is 0 Å². The molecule has 0 radical (unpaired) electrons. The minimum Gasteiger partial charge on any atom is -0.506 e. The van der Waals surface area contributed by atoms with Crippen LogP contribution >= 0.6 is 15.9 Å². The van der Waals surface area contributed by atoms with Gasteiger partial charge in [0.05, 0.1) is 9.89 Å². The van der Waals surface area contributed by atoms with Crippen LogP contribution in [0.3, 0.4) is 0 Å². The zero-order valence-corrected chi connectivity index (χ0v) is 13.0. The van der Waals surface area contributed by atoms with Crippen LogP contribution < -0.4 is 0 Å². The number of phenolic OH excluding ortho intramolecular Hbond substituents is 1. The van der Waals surface area contributed by atoms with Crippen LogP contribution in [0.1, 0.15) is 55.2 Å². The summed E-state index contributed by atoms with van der Waals surface area (Å²) < 4.78 is 0.720. The summed E-state index contributed by atoms with van der Waals surface area (Å²) in [6.07, 6.45) is 7.31. The molecule has 1 saturated carbocycles. The number of carboxylic acid groups (broad SMARTS) is 1. The predicted molar refractivity (Wildman–Crippen MR) is 80.2 cm³/mol. The van der Waals surface area contributed by atoms with E-state index in [0.717, 1.165) is 48.6 Å². The first-order valence-electron chi connectivity index (χ1n) is 7.33. The monoisotopic (exact) mass is 338 g/mol. The van der Waals surface area contributed by atoms with Gasteiger partial charge in [0.2, 0.25) is 0 Å². The number of halogens is 1. The second-order valence-corrected chi connectivity index (χ2v) is 6.82. The second kappa shape index (κ2) is 5.06. The molecule has 108 valence electrons. The van der Waals surface area contributed by atoms with Crippen molar-refractivity contribution < 1.29 is 15.0 Å². The highest BCUT2D eigenvalue weighted by atomic mass is 79.9. The minimum atomic E-state index is -0.890. The fourth-order valence-electron chi connectivity index (χ4n) is 3.78. The van der Waals surface area contributed by atoms with Crippen molar-refractivity contribution in [3.05, 3.63) is 27.2 Å². The third-order valence-corrected chi connectivity index (χ3v) is 5.79. The summed E-state index contributed by atoms with van der Waals surface area (Å²) in [6, 6.07) is 1.97. The van der Waals surface area contributed by atoms with Gasteiger partial charge in [-0.25, -0.2) is 0 Å². The highest BCUT2D eigenvalue weighted by molar-refractivity contribution is 9.10. The number of aliphatic carboxylic acids is 1. The molecule has 3 nitrogen and oxygen atoms in total. The third-order valence-electron chi connectivity index (χ3n) is 4.94. The van der Waals surface area contributed by atoms with E-state index >= 15 is 0 Å². The summed E-state index contributed by atoms with van der Waals surface area (Å²) in [5.41, 5.74) is 2.11. The van der Waals surface area contributed by atoms with Gasteiger partial charge in [0.15, 0.2) is 0 Å². The molecule has 1 fully saturated rings. The molecule has 0 bridgehead atoms. The van der Waals surface area contributed by atoms with E-state index in [1.54, 1.807) is 0 Å². The maximum Gasteiger partial charge on any atom is 0.314 e. The second-order valence-electron chi connectivity index (χ2n) is 6.03. The first-order chi connectivity index (χ1) is 9.56. The number of benzene rings is 1. The molecule has 1 aromatic rings. The lowest BCUT2D eigenvalue weighted by Gasteiger charge is -2.29. The lowest BCUT2D eigenvalue weighted by atomic mass is 9.76. The lowest BCUT2D eigenvalue weighted by molar-refractivity contribution is -0.143. The topological polar surface area (TPSA) is 57.5 Å². The molecular weight excluding hydrogens is 320 g/mol. The molecule has 0 aromatic heterocycles. The number of rotatable bonds is 2. The molecule has 2 N–H and O–H groups in total. The molecule has 2 aliphatic carbocycles. The molecule has 0 heterocycles. The number of carboxylic acids is 1. The Balaban J connectivity index is 2.18. The molecule has 20 heavy (non-hydrogen) atoms. The smallest absolute Gasteiger partial charge is 0.314 e. The predicted octanol–water partition coefficient (Wildman–Crippen LogP) is 3.93. The van der Waals surface area contributed by atoms with Gasteiger partial charge >= 0.3 is 5.97 Å². The average Bonchev–Trinajstić information content (AvgIpc) is 2.93. The molecule has 0 spiro atoms. The van der Waals surface area contributed by atoms with Crippen molar-refractivity contribution in [3.63, 3.8) is 0 Å². The zero-order chi connectivity index (χ0) is 14.3. The van der Waals surface area contributed by atoms with Crippen LogP contribution in [0.4, 0.5) is 0 Å². The Morgan fingerprint density at radius 1 is 1.15 bits per heavy atom. The molecule has 4 heteroatoms. The summed E-state index contributed by atoms with van der Waals surface area (Å²) in [5, 5.41) is 20.2. The van der Waals surface area contributed by atoms with E-state index < -0.39 is 11.4 Å². The summed E-state index contributed by atoms with van der Waals surface area (Å²) in [6.45, 7) is 0. The Morgan fingerprint density at radius 2 is 1.80 bits per heavy atom. The van der Waals surface area contributed by atoms with Crippen molar-refractivity contribution in [1.82, 2.24) is 0 Å². The van der Waals surface area contributed by atoms with E-state index in [1.165, 1.54) is 5.56 Å². The Morgan fingerprint density at radius 3 is 2.45 bits per heavy atom. The fraction of sp³-hybridized carbons (Fsp3) is 0.562. The Kier molecular flexibility index (Phi) is 3.53. The Hall–Kier alpha value is -1.03. The van der Waals surface area contributed by atoms with Gasteiger partial charge in [-0.15, -0.1) is 0 Å². The van der Waals surface area contributed by atoms with Gasteiger partial charge in [-0.05, 0) is 65.6 Å². The quantitative estimate of drug-likeness (QED) is 0.858. The van der Waals surface area contributed by atoms with Gasteiger partial charge < -0.3 is 10.2 Å². The maximum atomic E-state index is 11.8. The fourth-order valence-corrected chi connectivity index (χ4v) is 4.45. The van der Waals surface area contributed by atoms with Crippen LogP contribution in [0.5, 0.6) is 5.75 Å².